The largest absolute Gasteiger partial charge is 0.307 e. The van der Waals surface area contributed by atoms with Crippen LogP contribution in [-0.4, -0.2) is 31.9 Å². The summed E-state index contributed by atoms with van der Waals surface area (Å²) in [4.78, 5) is 44.9. The molecule has 0 aliphatic heterocycles. The van der Waals surface area contributed by atoms with E-state index >= 15 is 0 Å². The molecule has 0 aliphatic rings. The minimum Gasteiger partial charge on any atom is -0.307 e. The van der Waals surface area contributed by atoms with Crippen LogP contribution in [-0.2, 0) is 24.0 Å². The third-order valence-electron chi connectivity index (χ3n) is 0.845. The van der Waals surface area contributed by atoms with E-state index in [1.165, 1.54) is 6.92 Å². The summed E-state index contributed by atoms with van der Waals surface area (Å²) in [5, 5.41) is 0. The molecule has 114 valence electrons. The number of carbonyl (C=O) groups is 5. The summed E-state index contributed by atoms with van der Waals surface area (Å²) in [6.45, 7) is 10.9. The van der Waals surface area contributed by atoms with Gasteiger partial charge in [0.2, 0.25) is 0 Å². The smallest absolute Gasteiger partial charge is 0.122 e. The number of carbonyl (C=O) groups excluding carboxylic acids is 5. The van der Waals surface area contributed by atoms with E-state index in [4.69, 9.17) is 9.59 Å². The fourth-order valence-corrected chi connectivity index (χ4v) is 0.118. The van der Waals surface area contributed by atoms with E-state index in [1.54, 1.807) is 0 Å². The molecule has 0 unspecified atom stereocenters. The predicted octanol–water partition coefficient (Wildman–Crippen LogP) is 2.44. The van der Waals surface area contributed by atoms with Gasteiger partial charge in [0.1, 0.15) is 31.9 Å². The Morgan fingerprint density at radius 1 is 0.947 bits per heavy atom. The van der Waals surface area contributed by atoms with Crippen LogP contribution in [0.3, 0.4) is 0 Å². The number of unbranched alkanes of at least 4 members (excludes halogenated alkanes) is 1. The van der Waals surface area contributed by atoms with Crippen molar-refractivity contribution in [2.24, 2.45) is 5.92 Å². The van der Waals surface area contributed by atoms with Crippen molar-refractivity contribution in [3.63, 3.8) is 0 Å². The molecule has 0 spiro atoms. The summed E-state index contributed by atoms with van der Waals surface area (Å²) < 4.78 is 0. The standard InChI is InChI=1S/2C4H8O.C3H6O.C2H4O.CH2O/c1-4(2)3-5;1-2-3-4-5;1-2-3-4;1-2-3;1-2/h3-4H,1-2H3;4H,2-3H2,1H3;3H,2H2,1H3;2H,1H3;1H2. The van der Waals surface area contributed by atoms with Gasteiger partial charge in [0, 0.05) is 18.8 Å². The van der Waals surface area contributed by atoms with E-state index < -0.39 is 0 Å². The van der Waals surface area contributed by atoms with Gasteiger partial charge in [0.05, 0.1) is 0 Å². The van der Waals surface area contributed by atoms with Crippen molar-refractivity contribution in [1.82, 2.24) is 0 Å². The molecule has 5 nitrogen and oxygen atoms in total. The van der Waals surface area contributed by atoms with Crippen molar-refractivity contribution >= 4 is 31.9 Å². The van der Waals surface area contributed by atoms with Crippen molar-refractivity contribution in [3.8, 4) is 0 Å². The molecule has 0 saturated heterocycles. The van der Waals surface area contributed by atoms with E-state index in [0.717, 1.165) is 31.6 Å². The van der Waals surface area contributed by atoms with Gasteiger partial charge in [-0.1, -0.05) is 27.7 Å². The molecule has 0 fully saturated rings. The third kappa shape index (κ3) is 300. The molecule has 0 rings (SSSR count). The van der Waals surface area contributed by atoms with Crippen molar-refractivity contribution in [3.05, 3.63) is 0 Å². The van der Waals surface area contributed by atoms with E-state index in [1.807, 2.05) is 34.5 Å². The summed E-state index contributed by atoms with van der Waals surface area (Å²) in [7, 11) is 0. The van der Waals surface area contributed by atoms with E-state index in [0.29, 0.717) is 12.8 Å². The fourth-order valence-electron chi connectivity index (χ4n) is 0.118. The van der Waals surface area contributed by atoms with Gasteiger partial charge in [-0.25, -0.2) is 0 Å². The van der Waals surface area contributed by atoms with Gasteiger partial charge < -0.3 is 24.0 Å². The SMILES string of the molecule is C=O.CC(C)C=O.CC=O.CCC=O.CCCC=O. The van der Waals surface area contributed by atoms with Gasteiger partial charge in [-0.15, -0.1) is 0 Å². The lowest BCUT2D eigenvalue weighted by Crippen LogP contribution is -1.82. The molecule has 0 aromatic heterocycles. The van der Waals surface area contributed by atoms with Crippen LogP contribution in [0.2, 0.25) is 0 Å². The van der Waals surface area contributed by atoms with Gasteiger partial charge in [-0.05, 0) is 13.3 Å². The Balaban J connectivity index is -0.0000000446. The minimum absolute atomic E-state index is 0.204. The van der Waals surface area contributed by atoms with Gasteiger partial charge in [-0.2, -0.15) is 0 Å². The fraction of sp³-hybridized carbons (Fsp3) is 0.643. The van der Waals surface area contributed by atoms with Crippen molar-refractivity contribution < 1.29 is 24.0 Å². The van der Waals surface area contributed by atoms with Crippen LogP contribution in [0.25, 0.3) is 0 Å². The Labute approximate surface area is 116 Å². The average molecular weight is 276 g/mol. The van der Waals surface area contributed by atoms with Gasteiger partial charge in [0.25, 0.3) is 0 Å². The lowest BCUT2D eigenvalue weighted by Gasteiger charge is -1.78. The number of hydrogen-bond donors (Lipinski definition) is 0. The molecule has 0 aromatic carbocycles. The average Bonchev–Trinajstić information content (AvgIpc) is 2.43. The van der Waals surface area contributed by atoms with Crippen LogP contribution in [0.4, 0.5) is 0 Å². The Hall–Kier alpha value is -1.65. The van der Waals surface area contributed by atoms with Crippen LogP contribution in [0.1, 0.15) is 53.9 Å². The molecule has 19 heavy (non-hydrogen) atoms. The van der Waals surface area contributed by atoms with Crippen molar-refractivity contribution in [2.45, 2.75) is 53.9 Å². The zero-order valence-electron chi connectivity index (χ0n) is 12.8. The Morgan fingerprint density at radius 3 is 1.21 bits per heavy atom. The topological polar surface area (TPSA) is 85.3 Å². The van der Waals surface area contributed by atoms with Gasteiger partial charge >= 0.3 is 0 Å². The predicted molar refractivity (Wildman–Crippen MR) is 77.1 cm³/mol. The second kappa shape index (κ2) is 55.3. The second-order valence-corrected chi connectivity index (χ2v) is 3.15. The monoisotopic (exact) mass is 276 g/mol. The molecule has 0 heterocycles. The van der Waals surface area contributed by atoms with Gasteiger partial charge in [-0.3, -0.25) is 0 Å². The summed E-state index contributed by atoms with van der Waals surface area (Å²) in [6.07, 6.45) is 5.80. The number of rotatable bonds is 4. The highest BCUT2D eigenvalue weighted by Crippen LogP contribution is 1.78. The number of hydrogen-bond acceptors (Lipinski definition) is 5. The molecular formula is C14H28O5. The second-order valence-electron chi connectivity index (χ2n) is 3.15. The summed E-state index contributed by atoms with van der Waals surface area (Å²) in [5.41, 5.74) is 0. The first-order valence-corrected chi connectivity index (χ1v) is 6.03. The Morgan fingerprint density at radius 2 is 1.21 bits per heavy atom. The van der Waals surface area contributed by atoms with E-state index in [-0.39, 0.29) is 5.92 Å². The van der Waals surface area contributed by atoms with E-state index in [2.05, 4.69) is 0 Å². The maximum absolute atomic E-state index is 9.50. The quantitative estimate of drug-likeness (QED) is 0.736. The van der Waals surface area contributed by atoms with Crippen LogP contribution >= 0.6 is 0 Å². The molecule has 0 N–H and O–H groups in total. The van der Waals surface area contributed by atoms with Gasteiger partial charge in [0.15, 0.2) is 0 Å². The third-order valence-corrected chi connectivity index (χ3v) is 0.845. The number of aldehydes is 4. The molecule has 0 atom stereocenters. The molecule has 5 heteroatoms. The first kappa shape index (κ1) is 30.4. The highest BCUT2D eigenvalue weighted by atomic mass is 16.1. The first-order valence-electron chi connectivity index (χ1n) is 6.03. The van der Waals surface area contributed by atoms with Crippen LogP contribution in [0.15, 0.2) is 0 Å². The summed E-state index contributed by atoms with van der Waals surface area (Å²) in [6, 6.07) is 0. The summed E-state index contributed by atoms with van der Waals surface area (Å²) in [5.74, 6) is 0.204. The highest BCUT2D eigenvalue weighted by molar-refractivity contribution is 5.51. The zero-order chi connectivity index (χ0) is 16.5. The van der Waals surface area contributed by atoms with Crippen molar-refractivity contribution in [1.29, 1.82) is 0 Å². The normalized spacial score (nSPS) is 6.42. The maximum atomic E-state index is 9.50. The molecule has 0 bridgehead atoms. The Kier molecular flexibility index (Phi) is 88.4. The zero-order valence-corrected chi connectivity index (χ0v) is 12.8. The molecule has 0 radical (unpaired) electrons. The first-order chi connectivity index (χ1) is 9.01. The van der Waals surface area contributed by atoms with Crippen LogP contribution in [0.5, 0.6) is 0 Å². The minimum atomic E-state index is 0.204. The Bertz CT molecular complexity index is 167. The molecule has 0 aliphatic carbocycles. The molecule has 0 amide bonds. The molecular weight excluding hydrogens is 248 g/mol. The molecule has 0 aromatic rings. The highest BCUT2D eigenvalue weighted by Gasteiger charge is 1.79. The van der Waals surface area contributed by atoms with E-state index in [9.17, 15) is 14.4 Å². The lowest BCUT2D eigenvalue weighted by molar-refractivity contribution is -0.110. The van der Waals surface area contributed by atoms with Crippen molar-refractivity contribution in [2.75, 3.05) is 0 Å². The van der Waals surface area contributed by atoms with Crippen LogP contribution < -0.4 is 0 Å². The van der Waals surface area contributed by atoms with Crippen LogP contribution in [0, 0.1) is 5.92 Å². The lowest BCUT2D eigenvalue weighted by atomic mass is 10.3. The summed E-state index contributed by atoms with van der Waals surface area (Å²) >= 11 is 0. The maximum Gasteiger partial charge on any atom is 0.122 e. The molecule has 0 saturated carbocycles.